The van der Waals surface area contributed by atoms with Crippen LogP contribution in [0.3, 0.4) is 0 Å². The van der Waals surface area contributed by atoms with Crippen molar-refractivity contribution in [2.45, 2.75) is 25.2 Å². The monoisotopic (exact) mass is 182 g/mol. The summed E-state index contributed by atoms with van der Waals surface area (Å²) in [5, 5.41) is 2.98. The molecule has 1 aliphatic rings. The second kappa shape index (κ2) is 3.62. The highest BCUT2D eigenvalue weighted by molar-refractivity contribution is 4.76. The first-order valence-corrected chi connectivity index (χ1v) is 4.03. The van der Waals surface area contributed by atoms with E-state index in [9.17, 15) is 13.2 Å². The van der Waals surface area contributed by atoms with Gasteiger partial charge in [0, 0.05) is 19.1 Å². The van der Waals surface area contributed by atoms with Crippen LogP contribution < -0.4 is 5.32 Å². The summed E-state index contributed by atoms with van der Waals surface area (Å²) in [5.74, 6) is 0. The molecule has 0 amide bonds. The quantitative estimate of drug-likeness (QED) is 0.613. The highest BCUT2D eigenvalue weighted by atomic mass is 19.4. The molecule has 0 atom stereocenters. The molecule has 0 spiro atoms. The minimum Gasteiger partial charge on any atom is -0.317 e. The molecule has 1 heterocycles. The van der Waals surface area contributed by atoms with Crippen molar-refractivity contribution in [2.24, 2.45) is 0 Å². The van der Waals surface area contributed by atoms with Gasteiger partial charge in [0.2, 0.25) is 0 Å². The lowest BCUT2D eigenvalue weighted by atomic mass is 10.1. The fourth-order valence-corrected chi connectivity index (χ4v) is 1.42. The zero-order valence-corrected chi connectivity index (χ0v) is 6.99. The van der Waals surface area contributed by atoms with E-state index in [1.807, 2.05) is 0 Å². The smallest absolute Gasteiger partial charge is 0.317 e. The van der Waals surface area contributed by atoms with Crippen molar-refractivity contribution in [2.75, 3.05) is 20.1 Å². The van der Waals surface area contributed by atoms with E-state index >= 15 is 0 Å². The Balaban J connectivity index is 2.36. The first kappa shape index (κ1) is 9.80. The van der Waals surface area contributed by atoms with Gasteiger partial charge in [-0.25, -0.2) is 4.90 Å². The summed E-state index contributed by atoms with van der Waals surface area (Å²) in [6.07, 6.45) is -2.98. The van der Waals surface area contributed by atoms with Crippen molar-refractivity contribution in [1.29, 1.82) is 0 Å². The molecule has 12 heavy (non-hydrogen) atoms. The molecule has 0 bridgehead atoms. The zero-order chi connectivity index (χ0) is 9.19. The first-order chi connectivity index (χ1) is 5.54. The van der Waals surface area contributed by atoms with E-state index in [0.29, 0.717) is 17.7 Å². The number of alkyl halides is 3. The standard InChI is InChI=1S/C7H13F3N2/c1-11-6-2-4-12(5-3-6)7(8,9)10/h6,11H,2-5H2,1H3. The van der Waals surface area contributed by atoms with Crippen LogP contribution in [-0.2, 0) is 0 Å². The van der Waals surface area contributed by atoms with Gasteiger partial charge in [0.05, 0.1) is 0 Å². The Hall–Kier alpha value is -0.290. The third kappa shape index (κ3) is 2.35. The largest absolute Gasteiger partial charge is 0.459 e. The first-order valence-electron chi connectivity index (χ1n) is 4.03. The number of rotatable bonds is 1. The Labute approximate surface area is 69.7 Å². The minimum absolute atomic E-state index is 0.120. The maximum atomic E-state index is 12.1. The Morgan fingerprint density at radius 1 is 1.25 bits per heavy atom. The summed E-state index contributed by atoms with van der Waals surface area (Å²) in [6, 6.07) is 0.253. The number of likely N-dealkylation sites (tertiary alicyclic amines) is 1. The van der Waals surface area contributed by atoms with Crippen molar-refractivity contribution in [3.8, 4) is 0 Å². The molecule has 72 valence electrons. The summed E-state index contributed by atoms with van der Waals surface area (Å²) in [7, 11) is 1.79. The predicted octanol–water partition coefficient (Wildman–Crippen LogP) is 1.19. The fourth-order valence-electron chi connectivity index (χ4n) is 1.42. The average molecular weight is 182 g/mol. The molecule has 0 saturated carbocycles. The van der Waals surface area contributed by atoms with Crippen molar-refractivity contribution in [1.82, 2.24) is 10.2 Å². The fraction of sp³-hybridized carbons (Fsp3) is 1.00. The third-order valence-corrected chi connectivity index (χ3v) is 2.26. The molecule has 1 fully saturated rings. The van der Waals surface area contributed by atoms with E-state index in [4.69, 9.17) is 0 Å². The van der Waals surface area contributed by atoms with Gasteiger partial charge in [-0.05, 0) is 19.9 Å². The molecule has 0 aromatic rings. The number of halogens is 3. The van der Waals surface area contributed by atoms with E-state index in [2.05, 4.69) is 5.32 Å². The van der Waals surface area contributed by atoms with E-state index in [-0.39, 0.29) is 19.1 Å². The second-order valence-corrected chi connectivity index (χ2v) is 3.02. The van der Waals surface area contributed by atoms with Gasteiger partial charge in [0.15, 0.2) is 0 Å². The molecular weight excluding hydrogens is 169 g/mol. The number of hydrogen-bond donors (Lipinski definition) is 1. The van der Waals surface area contributed by atoms with Crippen molar-refractivity contribution >= 4 is 0 Å². The number of nitrogens with one attached hydrogen (secondary N) is 1. The second-order valence-electron chi connectivity index (χ2n) is 3.02. The van der Waals surface area contributed by atoms with Crippen LogP contribution in [0.25, 0.3) is 0 Å². The Morgan fingerprint density at radius 3 is 2.08 bits per heavy atom. The van der Waals surface area contributed by atoms with Gasteiger partial charge >= 0.3 is 6.30 Å². The lowest BCUT2D eigenvalue weighted by Gasteiger charge is -2.32. The third-order valence-electron chi connectivity index (χ3n) is 2.26. The summed E-state index contributed by atoms with van der Waals surface area (Å²) in [5.41, 5.74) is 0. The topological polar surface area (TPSA) is 15.3 Å². The molecule has 1 rings (SSSR count). The molecule has 0 aromatic carbocycles. The molecule has 0 radical (unpaired) electrons. The molecule has 1 aliphatic heterocycles. The normalized spacial score (nSPS) is 23.0. The van der Waals surface area contributed by atoms with E-state index in [1.165, 1.54) is 0 Å². The molecule has 0 aliphatic carbocycles. The van der Waals surface area contributed by atoms with Crippen LogP contribution >= 0.6 is 0 Å². The van der Waals surface area contributed by atoms with Crippen molar-refractivity contribution < 1.29 is 13.2 Å². The van der Waals surface area contributed by atoms with Crippen LogP contribution in [0.1, 0.15) is 12.8 Å². The van der Waals surface area contributed by atoms with Crippen LogP contribution in [0.15, 0.2) is 0 Å². The minimum atomic E-state index is -4.14. The highest BCUT2D eigenvalue weighted by Crippen LogP contribution is 2.24. The van der Waals surface area contributed by atoms with E-state index in [0.717, 1.165) is 0 Å². The summed E-state index contributed by atoms with van der Waals surface area (Å²) < 4.78 is 36.2. The predicted molar refractivity (Wildman–Crippen MR) is 39.7 cm³/mol. The van der Waals surface area contributed by atoms with Crippen LogP contribution in [0.2, 0.25) is 0 Å². The van der Waals surface area contributed by atoms with Gasteiger partial charge in [0.25, 0.3) is 0 Å². The molecule has 1 saturated heterocycles. The van der Waals surface area contributed by atoms with Gasteiger partial charge in [0.1, 0.15) is 0 Å². The Kier molecular flexibility index (Phi) is 2.95. The average Bonchev–Trinajstić information content (AvgIpc) is 2.03. The summed E-state index contributed by atoms with van der Waals surface area (Å²) >= 11 is 0. The van der Waals surface area contributed by atoms with Gasteiger partial charge in [-0.2, -0.15) is 13.2 Å². The molecule has 2 nitrogen and oxygen atoms in total. The van der Waals surface area contributed by atoms with Crippen LogP contribution in [0, 0.1) is 0 Å². The van der Waals surface area contributed by atoms with E-state index < -0.39 is 6.30 Å². The van der Waals surface area contributed by atoms with Crippen molar-refractivity contribution in [3.63, 3.8) is 0 Å². The number of hydrogen-bond acceptors (Lipinski definition) is 2. The molecular formula is C7H13F3N2. The Bertz CT molecular complexity index is 138. The SMILES string of the molecule is CNC1CCN(C(F)(F)F)CC1. The van der Waals surface area contributed by atoms with E-state index in [1.54, 1.807) is 7.05 Å². The Morgan fingerprint density at radius 2 is 1.75 bits per heavy atom. The van der Waals surface area contributed by atoms with Crippen molar-refractivity contribution in [3.05, 3.63) is 0 Å². The number of piperidine rings is 1. The lowest BCUT2D eigenvalue weighted by Crippen LogP contribution is -2.47. The maximum absolute atomic E-state index is 12.1. The van der Waals surface area contributed by atoms with Gasteiger partial charge < -0.3 is 5.32 Å². The summed E-state index contributed by atoms with van der Waals surface area (Å²) in [6.45, 7) is 0.240. The van der Waals surface area contributed by atoms with Crippen LogP contribution in [0.4, 0.5) is 13.2 Å². The summed E-state index contributed by atoms with van der Waals surface area (Å²) in [4.78, 5) is 0.570. The number of nitrogens with zero attached hydrogens (tertiary/aromatic N) is 1. The van der Waals surface area contributed by atoms with Gasteiger partial charge in [-0.1, -0.05) is 0 Å². The molecule has 5 heteroatoms. The molecule has 0 aromatic heterocycles. The van der Waals surface area contributed by atoms with Crippen LogP contribution in [0.5, 0.6) is 0 Å². The molecule has 1 N–H and O–H groups in total. The lowest BCUT2D eigenvalue weighted by molar-refractivity contribution is -0.250. The zero-order valence-electron chi connectivity index (χ0n) is 6.99. The van der Waals surface area contributed by atoms with Gasteiger partial charge in [-0.15, -0.1) is 0 Å². The van der Waals surface area contributed by atoms with Crippen LogP contribution in [-0.4, -0.2) is 37.4 Å². The van der Waals surface area contributed by atoms with Gasteiger partial charge in [-0.3, -0.25) is 0 Å². The highest BCUT2D eigenvalue weighted by Gasteiger charge is 2.38. The maximum Gasteiger partial charge on any atom is 0.459 e. The molecule has 0 unspecified atom stereocenters.